The van der Waals surface area contributed by atoms with Gasteiger partial charge in [-0.15, -0.1) is 0 Å². The molecule has 526 valence electrons. The third-order valence-electron chi connectivity index (χ3n) is 15.4. The van der Waals surface area contributed by atoms with Gasteiger partial charge in [0.05, 0.1) is 32.5 Å². The molecule has 5 saturated heterocycles. The van der Waals surface area contributed by atoms with Crippen molar-refractivity contribution in [2.45, 2.75) is 240 Å². The average molecular weight is 1350 g/mol. The van der Waals surface area contributed by atoms with Crippen molar-refractivity contribution in [3.05, 3.63) is 34.9 Å². The van der Waals surface area contributed by atoms with Gasteiger partial charge in [0.2, 0.25) is 17.7 Å². The van der Waals surface area contributed by atoms with Gasteiger partial charge in [0.15, 0.2) is 62.0 Å². The predicted octanol–water partition coefficient (Wildman–Crippen LogP) is -5.50. The van der Waals surface area contributed by atoms with E-state index < -0.39 is 222 Å². The molecule has 92 heavy (non-hydrogen) atoms. The maximum atomic E-state index is 13.9. The molecule has 5 fully saturated rings. The zero-order valence-electron chi connectivity index (χ0n) is 51.4. The second kappa shape index (κ2) is 34.2. The highest BCUT2D eigenvalue weighted by Gasteiger charge is 2.62. The number of hydrogen-bond acceptors (Lipinski definition) is 30. The Morgan fingerprint density at radius 1 is 0.641 bits per heavy atom. The molecule has 5 heterocycles. The second-order valence-corrected chi connectivity index (χ2v) is 24.5. The Morgan fingerprint density at radius 3 is 1.73 bits per heavy atom. The number of carboxylic acids is 2. The van der Waals surface area contributed by atoms with E-state index in [-0.39, 0.29) is 6.61 Å². The van der Waals surface area contributed by atoms with Gasteiger partial charge in [-0.2, -0.15) is 0 Å². The largest absolute Gasteiger partial charge is 0.479 e. The number of amides is 4. The molecule has 3 unspecified atom stereocenters. The summed E-state index contributed by atoms with van der Waals surface area (Å²) in [5.41, 5.74) is 11.3. The van der Waals surface area contributed by atoms with Crippen LogP contribution in [0.3, 0.4) is 0 Å². The number of ether oxygens (including phenoxy) is 11. The number of aliphatic hydroxyl groups is 10. The molecule has 0 spiro atoms. The fraction of sp³-hybridized carbons (Fsp3) is 0.778. The number of aliphatic carboxylic acids is 2. The van der Waals surface area contributed by atoms with E-state index in [1.807, 2.05) is 20.8 Å². The highest BCUT2D eigenvalue weighted by atomic mass is 31.2. The minimum Gasteiger partial charge on any atom is -0.479 e. The molecule has 0 aliphatic carbocycles. The lowest BCUT2D eigenvalue weighted by molar-refractivity contribution is -0.375. The Hall–Kier alpha value is -4.85. The van der Waals surface area contributed by atoms with Crippen LogP contribution in [0, 0.1) is 0 Å². The van der Waals surface area contributed by atoms with Crippen LogP contribution in [0.25, 0.3) is 0 Å². The molecule has 0 aromatic carbocycles. The van der Waals surface area contributed by atoms with E-state index in [0.29, 0.717) is 12.8 Å². The summed E-state index contributed by atoms with van der Waals surface area (Å²) in [4.78, 5) is 87.0. The van der Waals surface area contributed by atoms with Crippen molar-refractivity contribution in [3.63, 3.8) is 0 Å². The smallest absolute Gasteiger partial charge is 0.474 e. The summed E-state index contributed by atoms with van der Waals surface area (Å²) < 4.78 is 87.5. The average Bonchev–Trinajstić information content (AvgIpc) is 0.755. The Kier molecular flexibility index (Phi) is 28.9. The molecule has 19 N–H and O–H groups in total. The lowest BCUT2D eigenvalue weighted by Crippen LogP contribution is -2.72. The number of phosphoric acid groups is 1. The molecule has 0 aromatic heterocycles. The number of allylic oxidation sites excluding steroid dienone is 5. The van der Waals surface area contributed by atoms with Gasteiger partial charge in [-0.05, 0) is 67.2 Å². The quantitative estimate of drug-likeness (QED) is 0.0236. The van der Waals surface area contributed by atoms with Crippen LogP contribution >= 0.6 is 7.82 Å². The monoisotopic (exact) mass is 1350 g/mol. The van der Waals surface area contributed by atoms with E-state index in [1.54, 1.807) is 13.0 Å². The third kappa shape index (κ3) is 20.6. The van der Waals surface area contributed by atoms with Gasteiger partial charge in [-0.1, -0.05) is 34.9 Å². The number of primary amides is 2. The highest BCUT2D eigenvalue weighted by molar-refractivity contribution is 7.47. The summed E-state index contributed by atoms with van der Waals surface area (Å²) in [6.07, 6.45) is -41.4. The van der Waals surface area contributed by atoms with Crippen LogP contribution in [-0.4, -0.2) is 287 Å². The Balaban J connectivity index is 1.50. The van der Waals surface area contributed by atoms with Crippen LogP contribution in [0.15, 0.2) is 34.9 Å². The van der Waals surface area contributed by atoms with Gasteiger partial charge in [-0.3, -0.25) is 23.4 Å². The number of phosphoric ester groups is 1. The molecule has 38 heteroatoms. The lowest BCUT2D eigenvalue weighted by Gasteiger charge is -2.52. The molecule has 0 bridgehead atoms. The maximum Gasteiger partial charge on any atom is 0.474 e. The van der Waals surface area contributed by atoms with E-state index in [1.165, 1.54) is 18.1 Å². The minimum absolute atomic E-state index is 0.322. The molecule has 5 aliphatic heterocycles. The molecule has 0 aromatic rings. The number of carbonyl (C=O) groups excluding carboxylic acids is 4. The van der Waals surface area contributed by atoms with Crippen molar-refractivity contribution in [3.8, 4) is 0 Å². The topological polar surface area (TPSA) is 579 Å². The van der Waals surface area contributed by atoms with Crippen molar-refractivity contribution < 1.29 is 161 Å². The Bertz CT molecular complexity index is 2650. The van der Waals surface area contributed by atoms with Crippen LogP contribution in [0.4, 0.5) is 4.79 Å². The fourth-order valence-corrected chi connectivity index (χ4v) is 11.3. The van der Waals surface area contributed by atoms with Crippen LogP contribution < -0.4 is 22.1 Å². The molecule has 4 amide bonds. The van der Waals surface area contributed by atoms with Crippen LogP contribution in [0.1, 0.15) is 81.1 Å². The summed E-state index contributed by atoms with van der Waals surface area (Å²) in [6, 6.07) is -3.92. The Labute approximate surface area is 526 Å². The zero-order valence-corrected chi connectivity index (χ0v) is 52.3. The molecule has 0 saturated carbocycles. The SMILES string of the molecule is CC(=O)N[C@H]1[C@H](O[C@H]2[C@H](O)[C@@H](NC(C)=O)[C@H](O[C@H]3[C@@H](OP(=O)(O)OC[C@@H](OC/C=C(/C)CC/C=C(\C)CCC=C(C)C)C(=O)O)O[C@H](C(N)=O)[C@@](C)(O)[C@@H]3OC(N)=O)O[C@@H]2COC2O[C@H](CO)[C@@H](O)[C@H](O)[C@H]2O)O[C@H](C)[C@@H](O[C@@H]2OC(C(=O)O)[C@H](O)[C@H](O)[C@H]2O)[C@@H]1O. The first-order chi connectivity index (χ1) is 42.9. The standard InChI is InChI=1S/C54H87N4O33P/c1-20(2)11-9-12-21(3)13-10-14-22(4)15-16-79-28(46(71)72)19-81-92(77,78)91-52-42(43(90-53(56)75)54(8,76)44(89-52)45(55)70)88-49-30(58-25(7)61)33(64)40(27(84-49)18-80-50-37(68)34(65)31(62)26(17-59)83-50)86-48-29(57-24(6)60)32(63)39(23(5)82-48)85-51-38(69)35(66)36(67)41(87-51)47(73)74/h11,13,15,23,26-44,48-52,59,62-69,76H,9-10,12,14,16-19H2,1-8H3,(H2,55,70)(H2,56,75)(H,57,60)(H,58,61)(H,71,72)(H,73,74)(H,77,78)/b21-13+,22-15-/t23-,26-,27-,28-,29-,30-,31-,32-,33-,34+,35+,36-,37-,38-,39-,40-,41?,42-,43-,44-,48+,49+,50?,51-,52-,54+/m1/s1. The molecule has 37 nitrogen and oxygen atoms in total. The van der Waals surface area contributed by atoms with Crippen molar-refractivity contribution in [1.29, 1.82) is 0 Å². The zero-order chi connectivity index (χ0) is 69.0. The van der Waals surface area contributed by atoms with E-state index >= 15 is 0 Å². The molecule has 5 aliphatic rings. The van der Waals surface area contributed by atoms with Gasteiger partial charge in [0, 0.05) is 13.8 Å². The van der Waals surface area contributed by atoms with E-state index in [4.69, 9.17) is 72.6 Å². The summed E-state index contributed by atoms with van der Waals surface area (Å²) in [5, 5.41) is 134. The van der Waals surface area contributed by atoms with E-state index in [2.05, 4.69) is 22.8 Å². The summed E-state index contributed by atoms with van der Waals surface area (Å²) in [7, 11) is -5.80. The fourth-order valence-electron chi connectivity index (χ4n) is 10.5. The number of hydrogen-bond donors (Lipinski definition) is 17. The first-order valence-electron chi connectivity index (χ1n) is 29.0. The molecular weight excluding hydrogens is 1260 g/mol. The van der Waals surface area contributed by atoms with Gasteiger partial charge in [0.25, 0.3) is 0 Å². The molecule has 0 radical (unpaired) electrons. The van der Waals surface area contributed by atoms with Gasteiger partial charge < -0.3 is 140 Å². The first kappa shape index (κ1) is 77.9. The highest BCUT2D eigenvalue weighted by Crippen LogP contribution is 2.49. The molecular formula is C54H87N4O33P. The van der Waals surface area contributed by atoms with Crippen LogP contribution in [-0.2, 0) is 89.7 Å². The van der Waals surface area contributed by atoms with Crippen LogP contribution in [0.5, 0.6) is 0 Å². The van der Waals surface area contributed by atoms with Gasteiger partial charge >= 0.3 is 25.9 Å². The number of nitrogens with two attached hydrogens (primary N) is 2. The number of rotatable bonds is 30. The second-order valence-electron chi connectivity index (χ2n) is 23.1. The van der Waals surface area contributed by atoms with E-state index in [0.717, 1.165) is 39.2 Å². The summed E-state index contributed by atoms with van der Waals surface area (Å²) in [6.45, 7) is 8.12. The first-order valence-corrected chi connectivity index (χ1v) is 30.5. The van der Waals surface area contributed by atoms with Crippen molar-refractivity contribution in [2.24, 2.45) is 11.5 Å². The van der Waals surface area contributed by atoms with Crippen LogP contribution in [0.2, 0.25) is 0 Å². The minimum atomic E-state index is -5.80. The summed E-state index contributed by atoms with van der Waals surface area (Å²) in [5.74, 6) is -6.92. The van der Waals surface area contributed by atoms with Crippen molar-refractivity contribution in [2.75, 3.05) is 26.4 Å². The lowest BCUT2D eigenvalue weighted by atomic mass is 9.85. The Morgan fingerprint density at radius 2 is 1.17 bits per heavy atom. The number of nitrogens with one attached hydrogen (secondary N) is 2. The van der Waals surface area contributed by atoms with Crippen molar-refractivity contribution in [1.82, 2.24) is 10.6 Å². The predicted molar refractivity (Wildman–Crippen MR) is 301 cm³/mol. The van der Waals surface area contributed by atoms with Crippen molar-refractivity contribution >= 4 is 43.6 Å². The number of aliphatic hydroxyl groups excluding tert-OH is 9. The van der Waals surface area contributed by atoms with E-state index in [9.17, 15) is 99.5 Å². The normalized spacial score (nSPS) is 38.9. The number of carbonyl (C=O) groups is 6. The summed E-state index contributed by atoms with van der Waals surface area (Å²) >= 11 is 0. The molecule has 5 rings (SSSR count). The van der Waals surface area contributed by atoms with Gasteiger partial charge in [-0.25, -0.2) is 18.9 Å². The maximum absolute atomic E-state index is 13.9. The third-order valence-corrected chi connectivity index (χ3v) is 16.3. The number of carboxylic acid groups (broad SMARTS) is 2. The van der Waals surface area contributed by atoms with Gasteiger partial charge in [0.1, 0.15) is 90.9 Å². The molecule has 27 atom stereocenters.